The van der Waals surface area contributed by atoms with E-state index in [-0.39, 0.29) is 0 Å². The maximum absolute atomic E-state index is 5.05. The van der Waals surface area contributed by atoms with E-state index >= 15 is 0 Å². The Morgan fingerprint density at radius 2 is 2.32 bits per heavy atom. The lowest BCUT2D eigenvalue weighted by Gasteiger charge is -2.42. The van der Waals surface area contributed by atoms with Gasteiger partial charge in [-0.3, -0.25) is 0 Å². The van der Waals surface area contributed by atoms with E-state index in [0.717, 1.165) is 18.7 Å². The molecule has 0 radical (unpaired) electrons. The Morgan fingerprint density at radius 3 is 3.14 bits per heavy atom. The summed E-state index contributed by atoms with van der Waals surface area (Å²) in [5.74, 6) is 0.652. The summed E-state index contributed by atoms with van der Waals surface area (Å²) in [4.78, 5) is 12.3. The van der Waals surface area contributed by atoms with Crippen molar-refractivity contribution in [3.63, 3.8) is 0 Å². The second-order valence-corrected chi connectivity index (χ2v) is 6.03. The Morgan fingerprint density at radius 1 is 1.45 bits per heavy atom. The van der Waals surface area contributed by atoms with E-state index in [9.17, 15) is 0 Å². The molecule has 2 aromatic rings. The zero-order valence-electron chi connectivity index (χ0n) is 13.5. The topological polar surface area (TPSA) is 44.4 Å². The number of aromatic amines is 1. The number of likely N-dealkylation sites (tertiary alicyclic amines) is 1. The monoisotopic (exact) mass is 300 g/mol. The van der Waals surface area contributed by atoms with Crippen LogP contribution >= 0.6 is 0 Å². The van der Waals surface area contributed by atoms with Gasteiger partial charge in [0.05, 0.1) is 13.4 Å². The third-order valence-corrected chi connectivity index (χ3v) is 4.67. The van der Waals surface area contributed by atoms with Crippen LogP contribution in [0.3, 0.4) is 0 Å². The first-order chi connectivity index (χ1) is 10.7. The number of H-pyrrole nitrogens is 1. The Labute approximate surface area is 131 Å². The van der Waals surface area contributed by atoms with Crippen molar-refractivity contribution in [2.24, 2.45) is 5.92 Å². The third kappa shape index (κ3) is 2.75. The highest BCUT2D eigenvalue weighted by Gasteiger charge is 2.29. The van der Waals surface area contributed by atoms with Crippen LogP contribution in [-0.2, 0) is 4.74 Å². The van der Waals surface area contributed by atoms with E-state index in [0.29, 0.717) is 12.0 Å². The molecule has 22 heavy (non-hydrogen) atoms. The van der Waals surface area contributed by atoms with E-state index in [1.807, 2.05) is 18.6 Å². The second kappa shape index (κ2) is 6.30. The highest BCUT2D eigenvalue weighted by molar-refractivity contribution is 5.89. The number of hydrogen-bond acceptors (Lipinski definition) is 4. The normalized spacial score (nSPS) is 22.4. The van der Waals surface area contributed by atoms with Gasteiger partial charge in [-0.1, -0.05) is 6.92 Å². The number of hydrogen-bond donors (Lipinski definition) is 1. The molecule has 1 N–H and O–H groups in total. The summed E-state index contributed by atoms with van der Waals surface area (Å²) in [6, 6.07) is 4.67. The number of fused-ring (bicyclic) bond motifs is 1. The molecule has 0 aliphatic carbocycles. The highest BCUT2D eigenvalue weighted by atomic mass is 16.5. The van der Waals surface area contributed by atoms with Crippen LogP contribution in [0.25, 0.3) is 11.0 Å². The van der Waals surface area contributed by atoms with Crippen molar-refractivity contribution in [1.82, 2.24) is 14.9 Å². The second-order valence-electron chi connectivity index (χ2n) is 6.03. The van der Waals surface area contributed by atoms with Crippen LogP contribution in [-0.4, -0.2) is 48.2 Å². The van der Waals surface area contributed by atoms with Crippen molar-refractivity contribution in [3.8, 4) is 0 Å². The van der Waals surface area contributed by atoms with Gasteiger partial charge in [-0.05, 0) is 24.5 Å². The van der Waals surface area contributed by atoms with Gasteiger partial charge in [0.2, 0.25) is 0 Å². The lowest BCUT2D eigenvalue weighted by atomic mass is 9.92. The Balaban J connectivity index is 1.84. The maximum Gasteiger partial charge on any atom is 0.139 e. The maximum atomic E-state index is 5.05. The van der Waals surface area contributed by atoms with Crippen molar-refractivity contribution in [3.05, 3.63) is 37.0 Å². The molecular weight excluding hydrogens is 276 g/mol. The fourth-order valence-electron chi connectivity index (χ4n) is 3.29. The fraction of sp³-hybridized carbons (Fsp3) is 0.471. The van der Waals surface area contributed by atoms with Gasteiger partial charge in [-0.15, -0.1) is 0 Å². The van der Waals surface area contributed by atoms with Crippen LogP contribution < -0.4 is 4.90 Å². The van der Waals surface area contributed by atoms with Gasteiger partial charge in [-0.25, -0.2) is 4.98 Å². The summed E-state index contributed by atoms with van der Waals surface area (Å²) in [7, 11) is 3.87. The molecule has 3 heterocycles. The van der Waals surface area contributed by atoms with Gasteiger partial charge in [0.25, 0.3) is 0 Å². The predicted molar refractivity (Wildman–Crippen MR) is 89.8 cm³/mol. The standard InChI is InChI=1S/C17H24N4O/c1-13-6-9-21(10-11-22-3)12-16(13)20(2)15-5-8-19-17-14(15)4-7-18-17/h4-5,7-8,10-11,13,16H,6,9,12H2,1-3H3,(H,18,19)/t13-,16+/m1/s1. The van der Waals surface area contributed by atoms with E-state index in [1.165, 1.54) is 17.5 Å². The summed E-state index contributed by atoms with van der Waals surface area (Å²) in [5, 5.41) is 1.18. The first-order valence-electron chi connectivity index (χ1n) is 7.79. The summed E-state index contributed by atoms with van der Waals surface area (Å²) < 4.78 is 5.05. The van der Waals surface area contributed by atoms with E-state index in [1.54, 1.807) is 13.4 Å². The number of piperidine rings is 1. The summed E-state index contributed by atoms with van der Waals surface area (Å²) in [6.07, 6.45) is 8.81. The molecule has 0 aromatic carbocycles. The molecule has 0 unspecified atom stereocenters. The Bertz CT molecular complexity index is 651. The molecule has 2 atom stereocenters. The smallest absolute Gasteiger partial charge is 0.139 e. The molecule has 1 fully saturated rings. The SMILES string of the molecule is COC=CN1CC[C@@H](C)[C@@H](N(C)c2ccnc3[nH]ccc23)C1. The molecule has 3 rings (SSSR count). The molecule has 1 aliphatic rings. The first-order valence-corrected chi connectivity index (χ1v) is 7.79. The number of aromatic nitrogens is 2. The molecule has 1 saturated heterocycles. The predicted octanol–water partition coefficient (Wildman–Crippen LogP) is 2.83. The number of ether oxygens (including phenoxy) is 1. The number of rotatable bonds is 4. The molecule has 5 nitrogen and oxygen atoms in total. The van der Waals surface area contributed by atoms with Crippen molar-refractivity contribution < 1.29 is 4.74 Å². The number of pyridine rings is 1. The van der Waals surface area contributed by atoms with E-state index in [2.05, 4.69) is 45.9 Å². The van der Waals surface area contributed by atoms with Crippen LogP contribution in [0.5, 0.6) is 0 Å². The fourth-order valence-corrected chi connectivity index (χ4v) is 3.29. The van der Waals surface area contributed by atoms with Crippen LogP contribution in [0.4, 0.5) is 5.69 Å². The zero-order chi connectivity index (χ0) is 15.5. The van der Waals surface area contributed by atoms with Crippen LogP contribution in [0.15, 0.2) is 37.0 Å². The van der Waals surface area contributed by atoms with Gasteiger partial charge in [0.1, 0.15) is 5.65 Å². The largest absolute Gasteiger partial charge is 0.503 e. The Kier molecular flexibility index (Phi) is 4.22. The van der Waals surface area contributed by atoms with Crippen LogP contribution in [0.2, 0.25) is 0 Å². The summed E-state index contributed by atoms with van der Waals surface area (Å²) in [5.41, 5.74) is 2.18. The minimum atomic E-state index is 0.468. The molecule has 0 saturated carbocycles. The van der Waals surface area contributed by atoms with Gasteiger partial charge in [-0.2, -0.15) is 0 Å². The summed E-state index contributed by atoms with van der Waals surface area (Å²) in [6.45, 7) is 4.43. The molecule has 118 valence electrons. The van der Waals surface area contributed by atoms with Gasteiger partial charge < -0.3 is 19.5 Å². The molecule has 2 aromatic heterocycles. The van der Waals surface area contributed by atoms with E-state index in [4.69, 9.17) is 4.74 Å². The molecule has 0 bridgehead atoms. The third-order valence-electron chi connectivity index (χ3n) is 4.67. The number of anilines is 1. The van der Waals surface area contributed by atoms with Crippen molar-refractivity contribution in [2.75, 3.05) is 32.1 Å². The minimum absolute atomic E-state index is 0.468. The van der Waals surface area contributed by atoms with Gasteiger partial charge in [0, 0.05) is 55.8 Å². The Hall–Kier alpha value is -2.17. The average Bonchev–Trinajstić information content (AvgIpc) is 3.02. The van der Waals surface area contributed by atoms with Crippen molar-refractivity contribution in [1.29, 1.82) is 0 Å². The molecule has 1 aliphatic heterocycles. The number of nitrogens with one attached hydrogen (secondary N) is 1. The lowest BCUT2D eigenvalue weighted by molar-refractivity contribution is 0.211. The van der Waals surface area contributed by atoms with E-state index < -0.39 is 0 Å². The van der Waals surface area contributed by atoms with Crippen molar-refractivity contribution in [2.45, 2.75) is 19.4 Å². The average molecular weight is 300 g/mol. The van der Waals surface area contributed by atoms with Crippen LogP contribution in [0, 0.1) is 5.92 Å². The van der Waals surface area contributed by atoms with Crippen LogP contribution in [0.1, 0.15) is 13.3 Å². The van der Waals surface area contributed by atoms with Gasteiger partial charge in [0.15, 0.2) is 0 Å². The molecule has 5 heteroatoms. The van der Waals surface area contributed by atoms with Gasteiger partial charge >= 0.3 is 0 Å². The number of likely N-dealkylation sites (N-methyl/N-ethyl adjacent to an activating group) is 1. The first kappa shape index (κ1) is 14.8. The molecular formula is C17H24N4O. The summed E-state index contributed by atoms with van der Waals surface area (Å²) >= 11 is 0. The highest BCUT2D eigenvalue weighted by Crippen LogP contribution is 2.30. The molecule has 0 amide bonds. The molecule has 0 spiro atoms. The zero-order valence-corrected chi connectivity index (χ0v) is 13.5. The lowest BCUT2D eigenvalue weighted by Crippen LogP contribution is -2.49. The number of methoxy groups -OCH3 is 1. The quantitative estimate of drug-likeness (QED) is 0.882. The number of nitrogens with zero attached hydrogens (tertiary/aromatic N) is 3. The minimum Gasteiger partial charge on any atom is -0.503 e. The van der Waals surface area contributed by atoms with Crippen molar-refractivity contribution >= 4 is 16.7 Å².